The van der Waals surface area contributed by atoms with Gasteiger partial charge < -0.3 is 19.5 Å². The summed E-state index contributed by atoms with van der Waals surface area (Å²) < 4.78 is 10.9. The number of rotatable bonds is 6. The second kappa shape index (κ2) is 8.37. The van der Waals surface area contributed by atoms with Crippen LogP contribution in [0.1, 0.15) is 75.4 Å². The first-order chi connectivity index (χ1) is 12.8. The van der Waals surface area contributed by atoms with Crippen LogP contribution >= 0.6 is 0 Å². The molecule has 26 heavy (non-hydrogen) atoms. The molecule has 2 amide bonds. The van der Waals surface area contributed by atoms with Gasteiger partial charge in [-0.05, 0) is 44.4 Å². The number of hydrogen-bond acceptors (Lipinski definition) is 5. The number of carbonyl (C=O) groups excluding carboxylic acids is 1. The summed E-state index contributed by atoms with van der Waals surface area (Å²) in [5, 5.41) is 7.34. The van der Waals surface area contributed by atoms with E-state index in [9.17, 15) is 4.79 Å². The Morgan fingerprint density at radius 3 is 2.62 bits per heavy atom. The molecule has 2 saturated carbocycles. The zero-order valence-electron chi connectivity index (χ0n) is 15.5. The number of urea groups is 1. The first-order valence-electron chi connectivity index (χ1n) is 10.2. The Morgan fingerprint density at radius 1 is 1.12 bits per heavy atom. The molecule has 144 valence electrons. The van der Waals surface area contributed by atoms with Crippen molar-refractivity contribution in [3.8, 4) is 0 Å². The Labute approximate surface area is 154 Å². The molecule has 3 fully saturated rings. The second-order valence-electron chi connectivity index (χ2n) is 8.05. The average molecular weight is 362 g/mol. The van der Waals surface area contributed by atoms with Gasteiger partial charge in [0.05, 0.1) is 6.61 Å². The monoisotopic (exact) mass is 362 g/mol. The van der Waals surface area contributed by atoms with Crippen molar-refractivity contribution in [2.45, 2.75) is 76.4 Å². The molecule has 1 aromatic heterocycles. The maximum Gasteiger partial charge on any atom is 0.317 e. The molecule has 7 nitrogen and oxygen atoms in total. The Balaban J connectivity index is 1.20. The molecule has 3 aliphatic rings. The molecule has 1 aliphatic heterocycles. The van der Waals surface area contributed by atoms with Crippen LogP contribution < -0.4 is 5.32 Å². The molecule has 4 rings (SSSR count). The minimum atomic E-state index is 0.0950. The van der Waals surface area contributed by atoms with Crippen LogP contribution in [-0.4, -0.2) is 46.8 Å². The van der Waals surface area contributed by atoms with E-state index in [0.717, 1.165) is 57.1 Å². The molecular formula is C19H30N4O3. The lowest BCUT2D eigenvalue weighted by atomic mass is 9.95. The van der Waals surface area contributed by atoms with Gasteiger partial charge in [0.15, 0.2) is 5.82 Å². The van der Waals surface area contributed by atoms with Gasteiger partial charge in [0.1, 0.15) is 6.61 Å². The number of aromatic nitrogens is 2. The maximum absolute atomic E-state index is 12.4. The van der Waals surface area contributed by atoms with Gasteiger partial charge in [0, 0.05) is 25.0 Å². The maximum atomic E-state index is 12.4. The van der Waals surface area contributed by atoms with Crippen LogP contribution in [0.3, 0.4) is 0 Å². The largest absolute Gasteiger partial charge is 0.371 e. The highest BCUT2D eigenvalue weighted by Gasteiger charge is 2.28. The van der Waals surface area contributed by atoms with Gasteiger partial charge in [-0.1, -0.05) is 24.4 Å². The predicted octanol–water partition coefficient (Wildman–Crippen LogP) is 3.22. The summed E-state index contributed by atoms with van der Waals surface area (Å²) in [6.45, 7) is 2.72. The lowest BCUT2D eigenvalue weighted by Crippen LogP contribution is -2.48. The number of piperidine rings is 1. The van der Waals surface area contributed by atoms with Crippen LogP contribution in [-0.2, 0) is 11.3 Å². The molecule has 0 bridgehead atoms. The van der Waals surface area contributed by atoms with E-state index >= 15 is 0 Å². The third kappa shape index (κ3) is 4.75. The number of amides is 2. The number of nitrogens with zero attached hydrogens (tertiary/aromatic N) is 3. The summed E-state index contributed by atoms with van der Waals surface area (Å²) in [6, 6.07) is 0.460. The summed E-state index contributed by atoms with van der Waals surface area (Å²) >= 11 is 0. The number of likely N-dealkylation sites (tertiary alicyclic amines) is 1. The Bertz CT molecular complexity index is 587. The first-order valence-corrected chi connectivity index (χ1v) is 10.2. The highest BCUT2D eigenvalue weighted by molar-refractivity contribution is 5.74. The Morgan fingerprint density at radius 2 is 1.88 bits per heavy atom. The van der Waals surface area contributed by atoms with Crippen molar-refractivity contribution >= 4 is 6.03 Å². The topological polar surface area (TPSA) is 80.5 Å². The molecule has 0 aromatic carbocycles. The van der Waals surface area contributed by atoms with Gasteiger partial charge in [-0.2, -0.15) is 4.98 Å². The lowest BCUT2D eigenvalue weighted by molar-refractivity contribution is 0.0894. The van der Waals surface area contributed by atoms with Gasteiger partial charge in [-0.15, -0.1) is 0 Å². The fraction of sp³-hybridized carbons (Fsp3) is 0.842. The molecule has 1 N–H and O–H groups in total. The van der Waals surface area contributed by atoms with Crippen molar-refractivity contribution in [3.63, 3.8) is 0 Å². The first kappa shape index (κ1) is 17.8. The van der Waals surface area contributed by atoms with Gasteiger partial charge in [-0.25, -0.2) is 4.79 Å². The van der Waals surface area contributed by atoms with E-state index < -0.39 is 0 Å². The summed E-state index contributed by atoms with van der Waals surface area (Å²) in [5.41, 5.74) is 0. The number of nitrogens with one attached hydrogen (secondary N) is 1. The molecule has 0 spiro atoms. The van der Waals surface area contributed by atoms with Crippen LogP contribution in [0.5, 0.6) is 0 Å². The minimum absolute atomic E-state index is 0.0950. The fourth-order valence-corrected chi connectivity index (χ4v) is 3.94. The van der Waals surface area contributed by atoms with E-state index in [0.29, 0.717) is 18.5 Å². The predicted molar refractivity (Wildman–Crippen MR) is 95.6 cm³/mol. The summed E-state index contributed by atoms with van der Waals surface area (Å²) in [4.78, 5) is 18.9. The second-order valence-corrected chi connectivity index (χ2v) is 8.05. The van der Waals surface area contributed by atoms with E-state index in [1.54, 1.807) is 0 Å². The number of carbonyl (C=O) groups is 1. The van der Waals surface area contributed by atoms with Crippen molar-refractivity contribution < 1.29 is 14.1 Å². The summed E-state index contributed by atoms with van der Waals surface area (Å²) in [7, 11) is 0. The van der Waals surface area contributed by atoms with Crippen molar-refractivity contribution in [3.05, 3.63) is 11.7 Å². The third-order valence-electron chi connectivity index (χ3n) is 5.84. The van der Waals surface area contributed by atoms with Gasteiger partial charge in [0.2, 0.25) is 0 Å². The van der Waals surface area contributed by atoms with Crippen LogP contribution in [0.4, 0.5) is 4.79 Å². The van der Waals surface area contributed by atoms with Crippen molar-refractivity contribution in [2.24, 2.45) is 5.92 Å². The van der Waals surface area contributed by atoms with Crippen molar-refractivity contribution in [1.29, 1.82) is 0 Å². The Kier molecular flexibility index (Phi) is 5.72. The summed E-state index contributed by atoms with van der Waals surface area (Å²) in [5.74, 6) is 2.34. The van der Waals surface area contributed by atoms with Crippen LogP contribution in [0, 0.1) is 5.92 Å². The third-order valence-corrected chi connectivity index (χ3v) is 5.84. The highest BCUT2D eigenvalue weighted by Crippen LogP contribution is 2.29. The minimum Gasteiger partial charge on any atom is -0.371 e. The molecule has 0 unspecified atom stereocenters. The van der Waals surface area contributed by atoms with Crippen LogP contribution in [0.2, 0.25) is 0 Å². The standard InChI is InChI=1S/C19H30N4O3/c24-19(20-16-4-2-1-3-5-16)23-10-8-15(9-11-23)18-21-17(26-22-18)13-25-12-14-6-7-14/h14-16H,1-13H2,(H,20,24). The summed E-state index contributed by atoms with van der Waals surface area (Å²) in [6.07, 6.45) is 10.3. The van der Waals surface area contributed by atoms with E-state index in [1.807, 2.05) is 4.90 Å². The number of ether oxygens (including phenoxy) is 1. The lowest BCUT2D eigenvalue weighted by Gasteiger charge is -2.33. The van der Waals surface area contributed by atoms with Gasteiger partial charge >= 0.3 is 6.03 Å². The highest BCUT2D eigenvalue weighted by atomic mass is 16.5. The normalized spacial score (nSPS) is 22.5. The van der Waals surface area contributed by atoms with E-state index in [2.05, 4.69) is 15.5 Å². The van der Waals surface area contributed by atoms with Crippen molar-refractivity contribution in [1.82, 2.24) is 20.4 Å². The average Bonchev–Trinajstić information content (AvgIpc) is 3.38. The molecule has 0 radical (unpaired) electrons. The fourth-order valence-electron chi connectivity index (χ4n) is 3.94. The van der Waals surface area contributed by atoms with Gasteiger partial charge in [0.25, 0.3) is 5.89 Å². The zero-order chi connectivity index (χ0) is 17.8. The molecule has 1 saturated heterocycles. The van der Waals surface area contributed by atoms with E-state index in [4.69, 9.17) is 9.26 Å². The van der Waals surface area contributed by atoms with Crippen molar-refractivity contribution in [2.75, 3.05) is 19.7 Å². The molecule has 2 heterocycles. The number of hydrogen-bond donors (Lipinski definition) is 1. The van der Waals surface area contributed by atoms with Crippen LogP contribution in [0.15, 0.2) is 4.52 Å². The molecule has 2 aliphatic carbocycles. The molecule has 1 aromatic rings. The smallest absolute Gasteiger partial charge is 0.317 e. The molecule has 7 heteroatoms. The van der Waals surface area contributed by atoms with E-state index in [-0.39, 0.29) is 11.9 Å². The SMILES string of the molecule is O=C(NC1CCCCC1)N1CCC(c2noc(COCC3CC3)n2)CC1. The Hall–Kier alpha value is -1.63. The zero-order valence-corrected chi connectivity index (χ0v) is 15.5. The molecular weight excluding hydrogens is 332 g/mol. The van der Waals surface area contributed by atoms with E-state index in [1.165, 1.54) is 32.1 Å². The van der Waals surface area contributed by atoms with Gasteiger partial charge in [-0.3, -0.25) is 0 Å². The quantitative estimate of drug-likeness (QED) is 0.840. The van der Waals surface area contributed by atoms with Crippen LogP contribution in [0.25, 0.3) is 0 Å². The molecule has 0 atom stereocenters.